The van der Waals surface area contributed by atoms with E-state index < -0.39 is 103 Å². The Kier molecular flexibility index (Phi) is 12.7. The van der Waals surface area contributed by atoms with Gasteiger partial charge in [0.25, 0.3) is 0 Å². The molecule has 21 heteroatoms. The van der Waals surface area contributed by atoms with E-state index in [4.69, 9.17) is 65.7 Å². The zero-order chi connectivity index (χ0) is 43.7. The van der Waals surface area contributed by atoms with Gasteiger partial charge in [-0.15, -0.1) is 0 Å². The van der Waals surface area contributed by atoms with Crippen LogP contribution >= 0.6 is 0 Å². The number of carbonyl (C=O) groups excluding carboxylic acids is 5. The standard InChI is InChI=1S/C39H42O21/c1-14-29(52-16(3)41)35(54-18(5)43)36(55-19(6)44)39(51-14)58-24-12-26(57-25(13-50-15(2)40)30(24)53-17(4)42)56-23-11-21-28-27-20(37(45)60-34(28)32(23)49-9)10-22(47-7)31(48-8)33(27)59-38(21)46/h10-11,14,24-26,29-30,35-36,39H,12-13H2,1-9H3/t14-,24+,25-,26-,29-,30+,35-,36+,39+/m0/s1. The van der Waals surface area contributed by atoms with Gasteiger partial charge in [0.15, 0.2) is 53.4 Å². The van der Waals surface area contributed by atoms with Crippen molar-refractivity contribution in [3.05, 3.63) is 33.0 Å². The first kappa shape index (κ1) is 43.4. The van der Waals surface area contributed by atoms with Crippen molar-refractivity contribution >= 4 is 62.6 Å². The van der Waals surface area contributed by atoms with Crippen LogP contribution < -0.4 is 30.2 Å². The van der Waals surface area contributed by atoms with Gasteiger partial charge in [-0.1, -0.05) is 0 Å². The SMILES string of the molecule is COc1cc2c(=O)oc3c(OC)c(O[C@@H]4C[C@@H](O[C@H]5O[C@@H](C)[C@H](OC(C)=O)[C@H](OC(C)=O)[C@H]5OC(C)=O)[C@@H](OC(C)=O)[C@H](COC(C)=O)O4)cc4c(=O)oc(c1OC)c2c34. The smallest absolute Gasteiger partial charge is 0.344 e. The fraction of sp³-hybridized carbons (Fsp3) is 0.513. The third kappa shape index (κ3) is 8.59. The lowest BCUT2D eigenvalue weighted by Crippen LogP contribution is -2.63. The minimum Gasteiger partial charge on any atom is -0.493 e. The molecule has 2 aromatic heterocycles. The Morgan fingerprint density at radius 1 is 0.633 bits per heavy atom. The summed E-state index contributed by atoms with van der Waals surface area (Å²) in [6.45, 7) is 6.54. The summed E-state index contributed by atoms with van der Waals surface area (Å²) in [6, 6.07) is 2.66. The van der Waals surface area contributed by atoms with Crippen molar-refractivity contribution < 1.29 is 89.6 Å². The maximum atomic E-state index is 13.6. The van der Waals surface area contributed by atoms with Crippen LogP contribution in [0.15, 0.2) is 30.6 Å². The highest BCUT2D eigenvalue weighted by molar-refractivity contribution is 6.22. The molecule has 324 valence electrons. The molecule has 4 aromatic rings. The highest BCUT2D eigenvalue weighted by Crippen LogP contribution is 2.46. The van der Waals surface area contributed by atoms with Gasteiger partial charge in [-0.2, -0.15) is 0 Å². The van der Waals surface area contributed by atoms with Crippen LogP contribution in [0.2, 0.25) is 0 Å². The van der Waals surface area contributed by atoms with Gasteiger partial charge in [0.05, 0.1) is 38.2 Å². The van der Waals surface area contributed by atoms with Crippen molar-refractivity contribution in [2.24, 2.45) is 0 Å². The normalized spacial score (nSPS) is 25.3. The molecule has 21 nitrogen and oxygen atoms in total. The van der Waals surface area contributed by atoms with Crippen molar-refractivity contribution in [1.29, 1.82) is 0 Å². The summed E-state index contributed by atoms with van der Waals surface area (Å²) in [4.78, 5) is 88.4. The van der Waals surface area contributed by atoms with Crippen LogP contribution in [-0.4, -0.2) is 113 Å². The van der Waals surface area contributed by atoms with Crippen LogP contribution in [0.3, 0.4) is 0 Å². The van der Waals surface area contributed by atoms with Gasteiger partial charge in [0, 0.05) is 51.8 Å². The van der Waals surface area contributed by atoms with Crippen LogP contribution in [-0.2, 0) is 61.9 Å². The number of esters is 5. The van der Waals surface area contributed by atoms with Gasteiger partial charge < -0.3 is 65.7 Å². The molecule has 0 bridgehead atoms. The summed E-state index contributed by atoms with van der Waals surface area (Å²) in [6.07, 6.45) is -12.6. The molecule has 9 atom stereocenters. The van der Waals surface area contributed by atoms with E-state index in [0.717, 1.165) is 34.6 Å². The van der Waals surface area contributed by atoms with Gasteiger partial charge >= 0.3 is 41.1 Å². The molecule has 60 heavy (non-hydrogen) atoms. The van der Waals surface area contributed by atoms with Gasteiger partial charge in [0.2, 0.25) is 17.8 Å². The van der Waals surface area contributed by atoms with Gasteiger partial charge in [-0.25, -0.2) is 9.59 Å². The lowest BCUT2D eigenvalue weighted by atomic mass is 9.97. The number of hydrogen-bond donors (Lipinski definition) is 0. The molecule has 0 radical (unpaired) electrons. The van der Waals surface area contributed by atoms with E-state index in [1.54, 1.807) is 0 Å². The summed E-state index contributed by atoms with van der Waals surface area (Å²) in [7, 11) is 3.94. The van der Waals surface area contributed by atoms with E-state index in [-0.39, 0.29) is 62.1 Å². The largest absolute Gasteiger partial charge is 0.493 e. The number of methoxy groups -OCH3 is 3. The maximum Gasteiger partial charge on any atom is 0.344 e. The van der Waals surface area contributed by atoms with Gasteiger partial charge in [0.1, 0.15) is 18.8 Å². The zero-order valence-corrected chi connectivity index (χ0v) is 33.8. The summed E-state index contributed by atoms with van der Waals surface area (Å²) < 4.78 is 80.3. The molecular weight excluding hydrogens is 804 g/mol. The number of benzene rings is 2. The number of hydrogen-bond acceptors (Lipinski definition) is 21. The van der Waals surface area contributed by atoms with E-state index in [1.807, 2.05) is 0 Å². The minimum atomic E-state index is -1.59. The first-order valence-electron chi connectivity index (χ1n) is 18.4. The van der Waals surface area contributed by atoms with E-state index in [0.29, 0.717) is 0 Å². The molecule has 2 aromatic carbocycles. The lowest BCUT2D eigenvalue weighted by molar-refractivity contribution is -0.333. The van der Waals surface area contributed by atoms with Crippen molar-refractivity contribution in [3.8, 4) is 23.0 Å². The van der Waals surface area contributed by atoms with E-state index in [1.165, 1.54) is 40.4 Å². The molecule has 0 amide bonds. The number of carbonyl (C=O) groups is 5. The summed E-state index contributed by atoms with van der Waals surface area (Å²) in [5, 5.41) is 0.239. The monoisotopic (exact) mass is 846 g/mol. The predicted octanol–water partition coefficient (Wildman–Crippen LogP) is 2.43. The Balaban J connectivity index is 1.44. The van der Waals surface area contributed by atoms with Crippen molar-refractivity contribution in [2.75, 3.05) is 27.9 Å². The predicted molar refractivity (Wildman–Crippen MR) is 199 cm³/mol. The first-order chi connectivity index (χ1) is 28.4. The molecule has 4 heterocycles. The molecule has 0 aliphatic carbocycles. The molecule has 0 N–H and O–H groups in total. The average molecular weight is 847 g/mol. The quantitative estimate of drug-likeness (QED) is 0.0810. The maximum absolute atomic E-state index is 13.6. The molecule has 2 saturated heterocycles. The van der Waals surface area contributed by atoms with Crippen molar-refractivity contribution in [1.82, 2.24) is 0 Å². The van der Waals surface area contributed by atoms with Gasteiger partial charge in [-0.05, 0) is 19.1 Å². The number of rotatable bonds is 13. The van der Waals surface area contributed by atoms with Crippen molar-refractivity contribution in [3.63, 3.8) is 0 Å². The van der Waals surface area contributed by atoms with E-state index >= 15 is 0 Å². The molecule has 2 fully saturated rings. The third-order valence-electron chi connectivity index (χ3n) is 9.55. The Labute approximate surface area is 339 Å². The Morgan fingerprint density at radius 3 is 1.65 bits per heavy atom. The Hall–Kier alpha value is -6.19. The summed E-state index contributed by atoms with van der Waals surface area (Å²) >= 11 is 0. The molecule has 0 spiro atoms. The highest BCUT2D eigenvalue weighted by atomic mass is 16.8. The Bertz CT molecular complexity index is 2410. The molecule has 6 rings (SSSR count). The van der Waals surface area contributed by atoms with Crippen LogP contribution in [0.25, 0.3) is 32.7 Å². The molecule has 2 aliphatic heterocycles. The average Bonchev–Trinajstić information content (AvgIpc) is 3.16. The molecular formula is C39H42O21. The summed E-state index contributed by atoms with van der Waals surface area (Å²) in [5.41, 5.74) is -2.01. The molecule has 2 aliphatic rings. The zero-order valence-electron chi connectivity index (χ0n) is 33.8. The molecule has 0 unspecified atom stereocenters. The second-order valence-electron chi connectivity index (χ2n) is 13.7. The second kappa shape index (κ2) is 17.6. The highest BCUT2D eigenvalue weighted by Gasteiger charge is 2.54. The Morgan fingerprint density at radius 2 is 1.13 bits per heavy atom. The minimum absolute atomic E-state index is 0.0153. The third-order valence-corrected chi connectivity index (χ3v) is 9.55. The topological polar surface area (TPSA) is 257 Å². The first-order valence-corrected chi connectivity index (χ1v) is 18.4. The van der Waals surface area contributed by atoms with Crippen LogP contribution in [0, 0.1) is 0 Å². The summed E-state index contributed by atoms with van der Waals surface area (Å²) in [5.74, 6) is -4.11. The van der Waals surface area contributed by atoms with E-state index in [9.17, 15) is 33.6 Å². The fourth-order valence-corrected chi connectivity index (χ4v) is 7.34. The van der Waals surface area contributed by atoms with Crippen LogP contribution in [0.4, 0.5) is 0 Å². The molecule has 0 saturated carbocycles. The lowest BCUT2D eigenvalue weighted by Gasteiger charge is -2.46. The van der Waals surface area contributed by atoms with E-state index in [2.05, 4.69) is 0 Å². The van der Waals surface area contributed by atoms with Crippen LogP contribution in [0.1, 0.15) is 48.0 Å². The fourth-order valence-electron chi connectivity index (χ4n) is 7.34. The van der Waals surface area contributed by atoms with Crippen LogP contribution in [0.5, 0.6) is 23.0 Å². The van der Waals surface area contributed by atoms with Crippen molar-refractivity contribution in [2.45, 2.75) is 103 Å². The van der Waals surface area contributed by atoms with Gasteiger partial charge in [-0.3, -0.25) is 24.0 Å². The second-order valence-corrected chi connectivity index (χ2v) is 13.7. The number of ether oxygens (including phenoxy) is 12.